The van der Waals surface area contributed by atoms with Crippen LogP contribution in [0.4, 0.5) is 0 Å². The van der Waals surface area contributed by atoms with Crippen LogP contribution in [0.5, 0.6) is 0 Å². The third-order valence-electron chi connectivity index (χ3n) is 8.81. The van der Waals surface area contributed by atoms with Crippen LogP contribution in [0.25, 0.3) is 0 Å². The number of nitrogens with zero attached hydrogens (tertiary/aromatic N) is 2. The van der Waals surface area contributed by atoms with Crippen LogP contribution >= 0.6 is 23.2 Å². The first-order valence-corrected chi connectivity index (χ1v) is 14.5. The highest BCUT2D eigenvalue weighted by Crippen LogP contribution is 2.61. The third-order valence-corrected chi connectivity index (χ3v) is 9.36. The van der Waals surface area contributed by atoms with Crippen LogP contribution in [0.15, 0.2) is 97.1 Å². The standard InChI is InChI=1S/C34H24Cl2N2O4/c1-18(31(39)19-9-3-2-4-10-19)37(32(40)25-16-15-20(35)17-26(25)36)38-33(41)29-27-21-11-5-6-12-22(21)28(30(29)34(38)42)24-14-8-7-13-23(24)27/h2-18,27-30H,1H3/t18-,27?,28?,29-,30+/m0/s1. The van der Waals surface area contributed by atoms with Crippen molar-refractivity contribution < 1.29 is 19.2 Å². The normalized spacial score (nSPS) is 22.3. The molecule has 3 amide bonds. The average Bonchev–Trinajstić information content (AvgIpc) is 3.27. The van der Waals surface area contributed by atoms with E-state index in [1.54, 1.807) is 30.3 Å². The molecule has 1 saturated heterocycles. The van der Waals surface area contributed by atoms with E-state index in [2.05, 4.69) is 0 Å². The zero-order valence-corrected chi connectivity index (χ0v) is 23.9. The van der Waals surface area contributed by atoms with Gasteiger partial charge in [-0.25, -0.2) is 5.01 Å². The molecule has 2 bridgehead atoms. The van der Waals surface area contributed by atoms with E-state index >= 15 is 0 Å². The molecule has 0 spiro atoms. The summed E-state index contributed by atoms with van der Waals surface area (Å²) in [6.07, 6.45) is 0. The number of rotatable bonds is 5. The Morgan fingerprint density at radius 1 is 0.714 bits per heavy atom. The van der Waals surface area contributed by atoms with Crippen molar-refractivity contribution in [1.29, 1.82) is 0 Å². The first-order chi connectivity index (χ1) is 20.3. The van der Waals surface area contributed by atoms with Crippen molar-refractivity contribution in [3.8, 4) is 0 Å². The predicted molar refractivity (Wildman–Crippen MR) is 158 cm³/mol. The number of carbonyl (C=O) groups is 4. The van der Waals surface area contributed by atoms with E-state index in [1.165, 1.54) is 25.1 Å². The first-order valence-electron chi connectivity index (χ1n) is 13.7. The molecule has 0 aromatic heterocycles. The van der Waals surface area contributed by atoms with Gasteiger partial charge in [0.05, 0.1) is 22.4 Å². The Hall–Kier alpha value is -4.26. The fraction of sp³-hybridized carbons (Fsp3) is 0.176. The summed E-state index contributed by atoms with van der Waals surface area (Å²) in [5.41, 5.74) is 4.42. The molecule has 8 rings (SSSR count). The van der Waals surface area contributed by atoms with E-state index in [9.17, 15) is 19.2 Å². The van der Waals surface area contributed by atoms with Crippen molar-refractivity contribution in [3.63, 3.8) is 0 Å². The molecule has 0 saturated carbocycles. The van der Waals surface area contributed by atoms with Gasteiger partial charge in [-0.2, -0.15) is 5.01 Å². The molecule has 4 aromatic rings. The molecule has 6 nitrogen and oxygen atoms in total. The van der Waals surface area contributed by atoms with E-state index in [4.69, 9.17) is 23.2 Å². The van der Waals surface area contributed by atoms with Crippen molar-refractivity contribution in [2.45, 2.75) is 24.8 Å². The van der Waals surface area contributed by atoms with Gasteiger partial charge in [-0.1, -0.05) is 102 Å². The first kappa shape index (κ1) is 26.6. The summed E-state index contributed by atoms with van der Waals surface area (Å²) in [5.74, 6) is -4.32. The molecule has 0 unspecified atom stereocenters. The Labute approximate surface area is 252 Å². The maximum absolute atomic E-state index is 14.5. The van der Waals surface area contributed by atoms with Gasteiger partial charge >= 0.3 is 0 Å². The minimum absolute atomic E-state index is 0.0267. The molecule has 0 N–H and O–H groups in total. The van der Waals surface area contributed by atoms with E-state index < -0.39 is 41.4 Å². The molecule has 42 heavy (non-hydrogen) atoms. The van der Waals surface area contributed by atoms with Crippen LogP contribution in [0.3, 0.4) is 0 Å². The fourth-order valence-electron chi connectivity index (χ4n) is 7.05. The number of hydrogen-bond donors (Lipinski definition) is 0. The summed E-state index contributed by atoms with van der Waals surface area (Å²) in [7, 11) is 0. The molecule has 4 aliphatic rings. The van der Waals surface area contributed by atoms with Crippen LogP contribution in [0.2, 0.25) is 10.0 Å². The number of hydrogen-bond acceptors (Lipinski definition) is 4. The lowest BCUT2D eigenvalue weighted by Gasteiger charge is -2.45. The van der Waals surface area contributed by atoms with E-state index in [0.717, 1.165) is 32.3 Å². The number of imide groups is 1. The van der Waals surface area contributed by atoms with E-state index in [-0.39, 0.29) is 22.4 Å². The predicted octanol–water partition coefficient (Wildman–Crippen LogP) is 6.51. The second-order valence-corrected chi connectivity index (χ2v) is 11.8. The second-order valence-electron chi connectivity index (χ2n) is 10.9. The fourth-order valence-corrected chi connectivity index (χ4v) is 7.54. The molecular weight excluding hydrogens is 571 g/mol. The quantitative estimate of drug-likeness (QED) is 0.195. The van der Waals surface area contributed by atoms with Gasteiger partial charge in [0.25, 0.3) is 17.7 Å². The zero-order valence-electron chi connectivity index (χ0n) is 22.4. The summed E-state index contributed by atoms with van der Waals surface area (Å²) in [5, 5.41) is 2.30. The summed E-state index contributed by atoms with van der Waals surface area (Å²) in [6.45, 7) is 1.53. The minimum atomic E-state index is -1.19. The Kier molecular flexibility index (Phi) is 6.30. The average molecular weight is 595 g/mol. The van der Waals surface area contributed by atoms with E-state index in [0.29, 0.717) is 10.6 Å². The summed E-state index contributed by atoms with van der Waals surface area (Å²) >= 11 is 12.5. The van der Waals surface area contributed by atoms with Gasteiger partial charge in [0.15, 0.2) is 5.78 Å². The highest BCUT2D eigenvalue weighted by Gasteiger charge is 2.63. The Balaban J connectivity index is 1.37. The highest BCUT2D eigenvalue weighted by molar-refractivity contribution is 6.36. The van der Waals surface area contributed by atoms with Crippen molar-refractivity contribution >= 4 is 46.7 Å². The lowest BCUT2D eigenvalue weighted by Crippen LogP contribution is -2.56. The second kappa shape index (κ2) is 9.93. The van der Waals surface area contributed by atoms with Crippen LogP contribution in [-0.4, -0.2) is 39.6 Å². The van der Waals surface area contributed by atoms with Crippen molar-refractivity contribution in [1.82, 2.24) is 10.0 Å². The number of benzene rings is 4. The molecule has 3 atom stereocenters. The highest BCUT2D eigenvalue weighted by atomic mass is 35.5. The van der Waals surface area contributed by atoms with Crippen LogP contribution in [0, 0.1) is 11.8 Å². The summed E-state index contributed by atoms with van der Waals surface area (Å²) in [4.78, 5) is 57.0. The Bertz CT molecular complexity index is 1690. The molecule has 1 fully saturated rings. The van der Waals surface area contributed by atoms with Gasteiger partial charge in [0.2, 0.25) is 0 Å². The van der Waals surface area contributed by atoms with Gasteiger partial charge in [-0.05, 0) is 47.4 Å². The smallest absolute Gasteiger partial charge is 0.275 e. The van der Waals surface area contributed by atoms with Gasteiger partial charge < -0.3 is 0 Å². The monoisotopic (exact) mass is 594 g/mol. The van der Waals surface area contributed by atoms with Crippen LogP contribution in [-0.2, 0) is 9.59 Å². The van der Waals surface area contributed by atoms with E-state index in [1.807, 2.05) is 48.5 Å². The van der Waals surface area contributed by atoms with Crippen LogP contribution in [0.1, 0.15) is 61.7 Å². The Morgan fingerprint density at radius 2 is 1.19 bits per heavy atom. The zero-order chi connectivity index (χ0) is 29.3. The summed E-state index contributed by atoms with van der Waals surface area (Å²) in [6, 6.07) is 27.5. The molecule has 1 heterocycles. The number of hydrazine groups is 1. The topological polar surface area (TPSA) is 74.8 Å². The molecular formula is C34H24Cl2N2O4. The molecule has 3 aliphatic carbocycles. The number of halogens is 2. The number of ketones is 1. The number of amides is 3. The summed E-state index contributed by atoms with van der Waals surface area (Å²) < 4.78 is 0. The van der Waals surface area contributed by atoms with Gasteiger partial charge in [0, 0.05) is 22.4 Å². The Morgan fingerprint density at radius 3 is 1.67 bits per heavy atom. The number of Topliss-reactive ketones (excluding diaryl/α,β-unsaturated/α-hetero) is 1. The lowest BCUT2D eigenvalue weighted by molar-refractivity contribution is -0.156. The molecule has 208 valence electrons. The van der Waals surface area contributed by atoms with Crippen molar-refractivity contribution in [3.05, 3.63) is 140 Å². The molecule has 8 heteroatoms. The SMILES string of the molecule is C[C@@H](C(=O)c1ccccc1)N(C(=O)c1ccc(Cl)cc1Cl)N1C(=O)[C@@H]2C3c4ccccc4C(c4ccccc43)[C@@H]2C1=O. The number of carbonyl (C=O) groups excluding carboxylic acids is 4. The molecule has 0 radical (unpaired) electrons. The maximum Gasteiger partial charge on any atom is 0.275 e. The van der Waals surface area contributed by atoms with Gasteiger partial charge in [0.1, 0.15) is 6.04 Å². The van der Waals surface area contributed by atoms with Crippen LogP contribution < -0.4 is 0 Å². The maximum atomic E-state index is 14.5. The van der Waals surface area contributed by atoms with Crippen molar-refractivity contribution in [2.24, 2.45) is 11.8 Å². The van der Waals surface area contributed by atoms with Gasteiger partial charge in [-0.15, -0.1) is 0 Å². The van der Waals surface area contributed by atoms with Crippen molar-refractivity contribution in [2.75, 3.05) is 0 Å². The minimum Gasteiger partial charge on any atom is -0.292 e. The molecule has 1 aliphatic heterocycles. The lowest BCUT2D eigenvalue weighted by atomic mass is 9.55. The van der Waals surface area contributed by atoms with Gasteiger partial charge in [-0.3, -0.25) is 19.2 Å². The third kappa shape index (κ3) is 3.79. The largest absolute Gasteiger partial charge is 0.292 e. The molecule has 4 aromatic carbocycles.